The van der Waals surface area contributed by atoms with Gasteiger partial charge in [-0.2, -0.15) is 4.57 Å². The van der Waals surface area contributed by atoms with Crippen LogP contribution in [-0.4, -0.2) is 5.78 Å². The van der Waals surface area contributed by atoms with E-state index in [9.17, 15) is 4.79 Å². The zero-order chi connectivity index (χ0) is 12.3. The minimum atomic E-state index is 0. The standard InChI is InChI=1S/C15H16NO.BrH/c1-12-6-8-14(9-7-12)15(17)11-16-10-4-3-5-13(16)2;/h3-10H,11H2,1-2H3;1H/q+1;/p-1. The predicted molar refractivity (Wildman–Crippen MR) is 66.9 cm³/mol. The number of hydrogen-bond acceptors (Lipinski definition) is 1. The first-order valence-electron chi connectivity index (χ1n) is 5.72. The van der Waals surface area contributed by atoms with Crippen molar-refractivity contribution in [2.45, 2.75) is 20.4 Å². The molecule has 0 spiro atoms. The van der Waals surface area contributed by atoms with Crippen LogP contribution >= 0.6 is 0 Å². The van der Waals surface area contributed by atoms with Crippen LogP contribution in [0.15, 0.2) is 48.7 Å². The van der Waals surface area contributed by atoms with E-state index in [0.29, 0.717) is 6.54 Å². The number of hydrogen-bond donors (Lipinski definition) is 0. The fraction of sp³-hybridized carbons (Fsp3) is 0.200. The summed E-state index contributed by atoms with van der Waals surface area (Å²) < 4.78 is 1.96. The Balaban J connectivity index is 0.00000162. The minimum absolute atomic E-state index is 0. The second-order valence-corrected chi connectivity index (χ2v) is 4.26. The van der Waals surface area contributed by atoms with E-state index in [1.54, 1.807) is 0 Å². The molecule has 0 saturated heterocycles. The van der Waals surface area contributed by atoms with Crippen molar-refractivity contribution in [1.29, 1.82) is 0 Å². The highest BCUT2D eigenvalue weighted by atomic mass is 79.9. The molecule has 0 radical (unpaired) electrons. The van der Waals surface area contributed by atoms with Crippen molar-refractivity contribution in [1.82, 2.24) is 0 Å². The molecule has 0 saturated carbocycles. The summed E-state index contributed by atoms with van der Waals surface area (Å²) in [6.45, 7) is 4.42. The lowest BCUT2D eigenvalue weighted by Crippen LogP contribution is -3.00. The van der Waals surface area contributed by atoms with Gasteiger partial charge in [0.25, 0.3) is 0 Å². The summed E-state index contributed by atoms with van der Waals surface area (Å²) in [5, 5.41) is 0. The van der Waals surface area contributed by atoms with E-state index >= 15 is 0 Å². The molecule has 2 nitrogen and oxygen atoms in total. The zero-order valence-electron chi connectivity index (χ0n) is 10.6. The van der Waals surface area contributed by atoms with Crippen LogP contribution in [0.5, 0.6) is 0 Å². The van der Waals surface area contributed by atoms with Crippen LogP contribution in [0.4, 0.5) is 0 Å². The molecule has 0 fully saturated rings. The maximum Gasteiger partial charge on any atom is 0.227 e. The van der Waals surface area contributed by atoms with Gasteiger partial charge in [-0.15, -0.1) is 0 Å². The number of aromatic nitrogens is 1. The lowest BCUT2D eigenvalue weighted by molar-refractivity contribution is -0.689. The quantitative estimate of drug-likeness (QED) is 0.552. The molecule has 0 aliphatic heterocycles. The summed E-state index contributed by atoms with van der Waals surface area (Å²) in [4.78, 5) is 12.1. The molecule has 0 aliphatic rings. The van der Waals surface area contributed by atoms with Gasteiger partial charge in [0.2, 0.25) is 12.3 Å². The third kappa shape index (κ3) is 3.50. The van der Waals surface area contributed by atoms with Crippen LogP contribution < -0.4 is 21.5 Å². The molecule has 0 amide bonds. The van der Waals surface area contributed by atoms with E-state index in [1.165, 1.54) is 5.56 Å². The van der Waals surface area contributed by atoms with Gasteiger partial charge < -0.3 is 17.0 Å². The van der Waals surface area contributed by atoms with Crippen LogP contribution in [0.2, 0.25) is 0 Å². The number of pyridine rings is 1. The largest absolute Gasteiger partial charge is 1.00 e. The number of rotatable bonds is 3. The number of Topliss-reactive ketones (excluding diaryl/α,β-unsaturated/α-hetero) is 1. The number of aryl methyl sites for hydroxylation is 2. The van der Waals surface area contributed by atoms with Gasteiger partial charge in [0.15, 0.2) is 11.9 Å². The van der Waals surface area contributed by atoms with E-state index < -0.39 is 0 Å². The average Bonchev–Trinajstić information content (AvgIpc) is 2.33. The SMILES string of the molecule is Cc1ccc(C(=O)C[n+]2ccccc2C)cc1.[Br-]. The normalized spacial score (nSPS) is 9.67. The zero-order valence-corrected chi connectivity index (χ0v) is 12.1. The molecule has 0 unspecified atom stereocenters. The van der Waals surface area contributed by atoms with Crippen molar-refractivity contribution in [3.05, 3.63) is 65.5 Å². The highest BCUT2D eigenvalue weighted by Gasteiger charge is 2.13. The maximum atomic E-state index is 12.1. The summed E-state index contributed by atoms with van der Waals surface area (Å²) in [5.41, 5.74) is 3.03. The summed E-state index contributed by atoms with van der Waals surface area (Å²) in [7, 11) is 0. The van der Waals surface area contributed by atoms with Crippen molar-refractivity contribution in [2.24, 2.45) is 0 Å². The van der Waals surface area contributed by atoms with Crippen molar-refractivity contribution in [3.63, 3.8) is 0 Å². The number of benzene rings is 1. The monoisotopic (exact) mass is 305 g/mol. The number of carbonyl (C=O) groups excluding carboxylic acids is 1. The highest BCUT2D eigenvalue weighted by Crippen LogP contribution is 2.04. The molecular weight excluding hydrogens is 290 g/mol. The Hall–Kier alpha value is -1.48. The van der Waals surface area contributed by atoms with Gasteiger partial charge >= 0.3 is 0 Å². The van der Waals surface area contributed by atoms with Crippen molar-refractivity contribution in [3.8, 4) is 0 Å². The molecule has 3 heteroatoms. The second kappa shape index (κ2) is 6.45. The Labute approximate surface area is 118 Å². The molecule has 2 aromatic rings. The molecule has 1 aromatic carbocycles. The van der Waals surface area contributed by atoms with E-state index in [-0.39, 0.29) is 22.8 Å². The minimum Gasteiger partial charge on any atom is -1.00 e. The Morgan fingerprint density at radius 2 is 1.72 bits per heavy atom. The first-order valence-corrected chi connectivity index (χ1v) is 5.72. The molecule has 0 bridgehead atoms. The van der Waals surface area contributed by atoms with Crippen LogP contribution in [0.25, 0.3) is 0 Å². The third-order valence-electron chi connectivity index (χ3n) is 2.86. The molecule has 18 heavy (non-hydrogen) atoms. The molecule has 94 valence electrons. The number of nitrogens with zero attached hydrogens (tertiary/aromatic N) is 1. The van der Waals surface area contributed by atoms with E-state index in [4.69, 9.17) is 0 Å². The van der Waals surface area contributed by atoms with Crippen LogP contribution in [0.1, 0.15) is 21.6 Å². The first-order chi connectivity index (χ1) is 8.16. The molecule has 1 aromatic heterocycles. The van der Waals surface area contributed by atoms with E-state index in [0.717, 1.165) is 11.3 Å². The molecule has 1 heterocycles. The fourth-order valence-electron chi connectivity index (χ4n) is 1.72. The lowest BCUT2D eigenvalue weighted by atomic mass is 10.1. The van der Waals surface area contributed by atoms with Gasteiger partial charge in [0.1, 0.15) is 0 Å². The summed E-state index contributed by atoms with van der Waals surface area (Å²) >= 11 is 0. The smallest absolute Gasteiger partial charge is 0.227 e. The second-order valence-electron chi connectivity index (χ2n) is 4.26. The van der Waals surface area contributed by atoms with E-state index in [1.807, 2.05) is 67.1 Å². The number of ketones is 1. The van der Waals surface area contributed by atoms with Gasteiger partial charge in [0.05, 0.1) is 0 Å². The number of carbonyl (C=O) groups is 1. The third-order valence-corrected chi connectivity index (χ3v) is 2.86. The predicted octanol–water partition coefficient (Wildman–Crippen LogP) is -0.522. The van der Waals surface area contributed by atoms with Crippen LogP contribution in [0, 0.1) is 13.8 Å². The van der Waals surface area contributed by atoms with Gasteiger partial charge in [-0.25, -0.2) is 0 Å². The van der Waals surface area contributed by atoms with Gasteiger partial charge in [0, 0.05) is 24.6 Å². The maximum absolute atomic E-state index is 12.1. The Morgan fingerprint density at radius 1 is 1.06 bits per heavy atom. The van der Waals surface area contributed by atoms with Gasteiger partial charge in [-0.05, 0) is 6.92 Å². The number of halogens is 1. The lowest BCUT2D eigenvalue weighted by Gasteiger charge is -2.01. The molecule has 0 aliphatic carbocycles. The molecule has 0 N–H and O–H groups in total. The average molecular weight is 306 g/mol. The first kappa shape index (κ1) is 14.6. The highest BCUT2D eigenvalue weighted by molar-refractivity contribution is 5.95. The van der Waals surface area contributed by atoms with Gasteiger partial charge in [-0.1, -0.05) is 35.9 Å². The van der Waals surface area contributed by atoms with E-state index in [2.05, 4.69) is 0 Å². The Bertz CT molecular complexity index is 534. The van der Waals surface area contributed by atoms with Crippen molar-refractivity contribution < 1.29 is 26.3 Å². The molecular formula is C15H16BrNO. The summed E-state index contributed by atoms with van der Waals surface area (Å²) in [6.07, 6.45) is 1.93. The molecule has 2 rings (SSSR count). The van der Waals surface area contributed by atoms with Gasteiger partial charge in [-0.3, -0.25) is 4.79 Å². The summed E-state index contributed by atoms with van der Waals surface area (Å²) in [6, 6.07) is 13.6. The van der Waals surface area contributed by atoms with Crippen molar-refractivity contribution in [2.75, 3.05) is 0 Å². The topological polar surface area (TPSA) is 20.9 Å². The fourth-order valence-corrected chi connectivity index (χ4v) is 1.72. The van der Waals surface area contributed by atoms with Crippen LogP contribution in [-0.2, 0) is 6.54 Å². The van der Waals surface area contributed by atoms with Crippen molar-refractivity contribution >= 4 is 5.78 Å². The summed E-state index contributed by atoms with van der Waals surface area (Å²) in [5.74, 6) is 0.143. The molecule has 0 atom stereocenters. The Kier molecular flexibility index (Phi) is 5.23. The van der Waals surface area contributed by atoms with Crippen LogP contribution in [0.3, 0.4) is 0 Å². The Morgan fingerprint density at radius 3 is 2.33 bits per heavy atom.